The Morgan fingerprint density at radius 1 is 1.09 bits per heavy atom. The first-order chi connectivity index (χ1) is 10.7. The van der Waals surface area contributed by atoms with Gasteiger partial charge in [0.15, 0.2) is 5.82 Å². The van der Waals surface area contributed by atoms with Crippen molar-refractivity contribution in [1.29, 1.82) is 0 Å². The van der Waals surface area contributed by atoms with Crippen LogP contribution in [0.25, 0.3) is 0 Å². The molecule has 2 N–H and O–H groups in total. The Bertz CT molecular complexity index is 732. The minimum Gasteiger partial charge on any atom is -0.307 e. The number of aromatic nitrogens is 1. The van der Waals surface area contributed by atoms with Crippen LogP contribution < -0.4 is 10.6 Å². The molecule has 0 saturated carbocycles. The van der Waals surface area contributed by atoms with Crippen molar-refractivity contribution in [2.45, 2.75) is 6.18 Å². The Labute approximate surface area is 137 Å². The van der Waals surface area contributed by atoms with Crippen LogP contribution in [-0.4, -0.2) is 11.0 Å². The zero-order valence-corrected chi connectivity index (χ0v) is 12.5. The molecule has 0 saturated heterocycles. The molecule has 0 radical (unpaired) electrons. The third kappa shape index (κ3) is 4.46. The number of hydrogen-bond acceptors (Lipinski definition) is 2. The van der Waals surface area contributed by atoms with Crippen LogP contribution in [0.15, 0.2) is 30.3 Å². The smallest absolute Gasteiger partial charge is 0.307 e. The van der Waals surface area contributed by atoms with Gasteiger partial charge in [-0.15, -0.1) is 0 Å². The summed E-state index contributed by atoms with van der Waals surface area (Å²) in [5.41, 5.74) is -1.96. The van der Waals surface area contributed by atoms with E-state index >= 15 is 0 Å². The number of carbonyl (C=O) groups excluding carboxylic acids is 1. The molecule has 2 aromatic rings. The quantitative estimate of drug-likeness (QED) is 0.566. The van der Waals surface area contributed by atoms with Gasteiger partial charge in [-0.05, 0) is 24.3 Å². The first-order valence-corrected chi connectivity index (χ1v) is 6.69. The molecular weight excluding hydrogens is 361 g/mol. The molecule has 0 aliphatic heterocycles. The van der Waals surface area contributed by atoms with Crippen molar-refractivity contribution < 1.29 is 22.4 Å². The van der Waals surface area contributed by atoms with Gasteiger partial charge < -0.3 is 10.6 Å². The Balaban J connectivity index is 2.18. The van der Waals surface area contributed by atoms with E-state index in [1.165, 1.54) is 12.1 Å². The van der Waals surface area contributed by atoms with E-state index in [9.17, 15) is 22.4 Å². The molecule has 23 heavy (non-hydrogen) atoms. The van der Waals surface area contributed by atoms with Crippen LogP contribution in [0.5, 0.6) is 0 Å². The van der Waals surface area contributed by atoms with Crippen molar-refractivity contribution in [2.75, 3.05) is 10.6 Å². The largest absolute Gasteiger partial charge is 0.419 e. The van der Waals surface area contributed by atoms with Gasteiger partial charge in [0.1, 0.15) is 10.3 Å². The number of benzene rings is 1. The minimum atomic E-state index is -4.87. The van der Waals surface area contributed by atoms with Crippen molar-refractivity contribution in [3.8, 4) is 0 Å². The summed E-state index contributed by atoms with van der Waals surface area (Å²) in [5, 5.41) is 4.23. The van der Waals surface area contributed by atoms with E-state index in [2.05, 4.69) is 10.3 Å². The Kier molecular flexibility index (Phi) is 4.96. The summed E-state index contributed by atoms with van der Waals surface area (Å²) in [6.07, 6.45) is -4.87. The fourth-order valence-corrected chi connectivity index (χ4v) is 2.13. The lowest BCUT2D eigenvalue weighted by molar-refractivity contribution is -0.139. The molecule has 0 aliphatic rings. The fraction of sp³-hybridized carbons (Fsp3) is 0.0769. The molecular formula is C13H7Cl2F4N3O. The van der Waals surface area contributed by atoms with Gasteiger partial charge in [-0.1, -0.05) is 29.3 Å². The first-order valence-electron chi connectivity index (χ1n) is 5.93. The topological polar surface area (TPSA) is 54.0 Å². The molecule has 0 spiro atoms. The number of alkyl halides is 3. The standard InChI is InChI=1S/C13H7Cl2F4N3O/c14-9-4-6(5-10(15)22-9)20-12(23)21-8-3-1-2-7(11(8)16)13(17,18)19/h1-5H,(H2,20,21,22,23). The predicted octanol–water partition coefficient (Wildman–Crippen LogP) is 5.19. The van der Waals surface area contributed by atoms with E-state index in [1.54, 1.807) is 0 Å². The Hall–Kier alpha value is -2.06. The van der Waals surface area contributed by atoms with Crippen LogP contribution in [0.4, 0.5) is 33.7 Å². The lowest BCUT2D eigenvalue weighted by Crippen LogP contribution is -2.21. The number of hydrogen-bond donors (Lipinski definition) is 2. The molecule has 2 rings (SSSR count). The number of urea groups is 1. The average Bonchev–Trinajstić information content (AvgIpc) is 2.38. The lowest BCUT2D eigenvalue weighted by Gasteiger charge is -2.12. The van der Waals surface area contributed by atoms with Crippen LogP contribution in [0, 0.1) is 5.82 Å². The summed E-state index contributed by atoms with van der Waals surface area (Å²) in [6.45, 7) is 0. The summed E-state index contributed by atoms with van der Waals surface area (Å²) in [6, 6.07) is 4.09. The van der Waals surface area contributed by atoms with Gasteiger partial charge >= 0.3 is 12.2 Å². The molecule has 2 amide bonds. The van der Waals surface area contributed by atoms with Gasteiger partial charge in [0.25, 0.3) is 0 Å². The molecule has 10 heteroatoms. The van der Waals surface area contributed by atoms with Crippen molar-refractivity contribution in [2.24, 2.45) is 0 Å². The summed E-state index contributed by atoms with van der Waals surface area (Å²) < 4.78 is 51.6. The Morgan fingerprint density at radius 2 is 1.70 bits per heavy atom. The number of carbonyl (C=O) groups is 1. The molecule has 1 aromatic carbocycles. The number of anilines is 2. The number of nitrogens with zero attached hydrogens (tertiary/aromatic N) is 1. The van der Waals surface area contributed by atoms with E-state index in [0.29, 0.717) is 6.07 Å². The van der Waals surface area contributed by atoms with Gasteiger partial charge in [-0.25, -0.2) is 14.2 Å². The first kappa shape index (κ1) is 17.3. The van der Waals surface area contributed by atoms with Gasteiger partial charge in [0, 0.05) is 5.69 Å². The van der Waals surface area contributed by atoms with E-state index in [-0.39, 0.29) is 16.0 Å². The lowest BCUT2D eigenvalue weighted by atomic mass is 10.2. The third-order valence-electron chi connectivity index (χ3n) is 2.57. The van der Waals surface area contributed by atoms with Crippen LogP contribution in [0.3, 0.4) is 0 Å². The second kappa shape index (κ2) is 6.59. The normalized spacial score (nSPS) is 11.2. The monoisotopic (exact) mass is 367 g/mol. The molecule has 122 valence electrons. The fourth-order valence-electron chi connectivity index (χ4n) is 1.67. The van der Waals surface area contributed by atoms with Gasteiger partial charge in [0.05, 0.1) is 11.3 Å². The molecule has 1 aromatic heterocycles. The van der Waals surface area contributed by atoms with Gasteiger partial charge in [0.2, 0.25) is 0 Å². The van der Waals surface area contributed by atoms with E-state index in [1.807, 2.05) is 5.32 Å². The molecule has 0 atom stereocenters. The minimum absolute atomic E-state index is 0.00181. The van der Waals surface area contributed by atoms with Crippen LogP contribution in [-0.2, 0) is 6.18 Å². The highest BCUT2D eigenvalue weighted by molar-refractivity contribution is 6.33. The van der Waals surface area contributed by atoms with Crippen molar-refractivity contribution in [3.05, 3.63) is 52.0 Å². The maximum Gasteiger partial charge on any atom is 0.419 e. The number of nitrogens with one attached hydrogen (secondary N) is 2. The molecule has 0 bridgehead atoms. The second-order valence-electron chi connectivity index (χ2n) is 4.25. The highest BCUT2D eigenvalue weighted by Gasteiger charge is 2.35. The zero-order valence-electron chi connectivity index (χ0n) is 11.0. The number of rotatable bonds is 2. The van der Waals surface area contributed by atoms with E-state index in [0.717, 1.165) is 12.1 Å². The molecule has 0 unspecified atom stereocenters. The van der Waals surface area contributed by atoms with Crippen LogP contribution in [0.2, 0.25) is 10.3 Å². The van der Waals surface area contributed by atoms with Crippen LogP contribution in [0.1, 0.15) is 5.56 Å². The zero-order chi connectivity index (χ0) is 17.2. The SMILES string of the molecule is O=C(Nc1cc(Cl)nc(Cl)c1)Nc1cccc(C(F)(F)F)c1F. The van der Waals surface area contributed by atoms with Crippen LogP contribution >= 0.6 is 23.2 Å². The van der Waals surface area contributed by atoms with Gasteiger partial charge in [-0.2, -0.15) is 13.2 Å². The van der Waals surface area contributed by atoms with E-state index in [4.69, 9.17) is 23.2 Å². The Morgan fingerprint density at radius 3 is 2.26 bits per heavy atom. The summed E-state index contributed by atoms with van der Waals surface area (Å²) in [4.78, 5) is 15.4. The van der Waals surface area contributed by atoms with Gasteiger partial charge in [-0.3, -0.25) is 0 Å². The highest BCUT2D eigenvalue weighted by atomic mass is 35.5. The molecule has 4 nitrogen and oxygen atoms in total. The average molecular weight is 368 g/mol. The molecule has 1 heterocycles. The summed E-state index contributed by atoms with van der Waals surface area (Å²) in [5.74, 6) is -1.58. The summed E-state index contributed by atoms with van der Waals surface area (Å²) in [7, 11) is 0. The number of halogens is 6. The number of amides is 2. The van der Waals surface area contributed by atoms with Crippen molar-refractivity contribution >= 4 is 40.6 Å². The highest BCUT2D eigenvalue weighted by Crippen LogP contribution is 2.33. The number of pyridine rings is 1. The van der Waals surface area contributed by atoms with Crippen molar-refractivity contribution in [1.82, 2.24) is 4.98 Å². The summed E-state index contributed by atoms with van der Waals surface area (Å²) >= 11 is 11.3. The van der Waals surface area contributed by atoms with E-state index < -0.39 is 29.3 Å². The maximum absolute atomic E-state index is 13.8. The molecule has 0 aliphatic carbocycles. The van der Waals surface area contributed by atoms with Crippen molar-refractivity contribution in [3.63, 3.8) is 0 Å². The molecule has 0 fully saturated rings. The third-order valence-corrected chi connectivity index (χ3v) is 2.96. The second-order valence-corrected chi connectivity index (χ2v) is 5.02. The predicted molar refractivity (Wildman–Crippen MR) is 78.3 cm³/mol. The maximum atomic E-state index is 13.8.